The van der Waals surface area contributed by atoms with E-state index in [9.17, 15) is 0 Å². The molecule has 0 amide bonds. The summed E-state index contributed by atoms with van der Waals surface area (Å²) in [5.74, 6) is 0.784. The Morgan fingerprint density at radius 1 is 1.46 bits per heavy atom. The second kappa shape index (κ2) is 4.77. The van der Waals surface area contributed by atoms with Gasteiger partial charge in [0.15, 0.2) is 5.11 Å². The van der Waals surface area contributed by atoms with Gasteiger partial charge in [-0.2, -0.15) is 0 Å². The van der Waals surface area contributed by atoms with Crippen LogP contribution in [0.3, 0.4) is 0 Å². The van der Waals surface area contributed by atoms with Crippen LogP contribution >= 0.6 is 12.2 Å². The first kappa shape index (κ1) is 10.7. The molecule has 1 fully saturated rings. The van der Waals surface area contributed by atoms with Crippen LogP contribution in [-0.2, 0) is 0 Å². The Morgan fingerprint density at radius 3 is 2.38 bits per heavy atom. The Bertz CT molecular complexity index is 174. The second-order valence-electron chi connectivity index (χ2n) is 4.17. The van der Waals surface area contributed by atoms with Crippen LogP contribution < -0.4 is 10.6 Å². The minimum absolute atomic E-state index is 0.559. The predicted molar refractivity (Wildman–Crippen MR) is 58.8 cm³/mol. The van der Waals surface area contributed by atoms with Crippen LogP contribution in [0.1, 0.15) is 13.8 Å². The van der Waals surface area contributed by atoms with Crippen molar-refractivity contribution in [3.8, 4) is 0 Å². The number of hydrogen-bond acceptors (Lipinski definition) is 1. The Kier molecular flexibility index (Phi) is 3.93. The summed E-state index contributed by atoms with van der Waals surface area (Å²) in [4.78, 5) is 3.78. The molecule has 0 aromatic carbocycles. The molecule has 0 atom stereocenters. The summed E-state index contributed by atoms with van der Waals surface area (Å²) in [5.41, 5.74) is 5.56. The number of thiocarbonyl (C=S) groups is 1. The maximum absolute atomic E-state index is 5.56. The van der Waals surface area contributed by atoms with Crippen molar-refractivity contribution in [2.75, 3.05) is 32.7 Å². The number of quaternary nitrogens is 1. The van der Waals surface area contributed by atoms with Crippen LogP contribution in [0.25, 0.3) is 0 Å². The summed E-state index contributed by atoms with van der Waals surface area (Å²) in [6.45, 7) is 10.2. The van der Waals surface area contributed by atoms with Gasteiger partial charge in [0, 0.05) is 5.92 Å². The fraction of sp³-hybridized carbons (Fsp3) is 0.889. The first-order valence-electron chi connectivity index (χ1n) is 4.97. The van der Waals surface area contributed by atoms with Gasteiger partial charge in [0.1, 0.15) is 0 Å². The monoisotopic (exact) mass is 202 g/mol. The third-order valence-corrected chi connectivity index (χ3v) is 2.74. The fourth-order valence-corrected chi connectivity index (χ4v) is 2.01. The lowest BCUT2D eigenvalue weighted by molar-refractivity contribution is -0.906. The number of rotatable bonds is 2. The van der Waals surface area contributed by atoms with Crippen LogP contribution in [0.2, 0.25) is 0 Å². The third-order valence-electron chi connectivity index (χ3n) is 2.48. The lowest BCUT2D eigenvalue weighted by atomic mass is 10.2. The van der Waals surface area contributed by atoms with Gasteiger partial charge >= 0.3 is 0 Å². The number of nitrogens with two attached hydrogens (primary N) is 1. The minimum atomic E-state index is 0.559. The van der Waals surface area contributed by atoms with Crippen LogP contribution in [-0.4, -0.2) is 42.7 Å². The van der Waals surface area contributed by atoms with E-state index in [2.05, 4.69) is 18.7 Å². The molecule has 1 saturated heterocycles. The molecular formula is C9H20N3S+. The standard InChI is InChI=1S/C9H19N3S/c1-8(2)7-11-3-5-12(6-4-11)9(10)13/h8H,3-7H2,1-2H3,(H2,10,13)/p+1. The van der Waals surface area contributed by atoms with Crippen molar-refractivity contribution >= 4 is 17.3 Å². The molecular weight excluding hydrogens is 182 g/mol. The first-order chi connectivity index (χ1) is 6.09. The highest BCUT2D eigenvalue weighted by atomic mass is 32.1. The second-order valence-corrected chi connectivity index (χ2v) is 4.59. The molecule has 76 valence electrons. The maximum atomic E-state index is 5.56. The van der Waals surface area contributed by atoms with E-state index in [-0.39, 0.29) is 0 Å². The zero-order chi connectivity index (χ0) is 9.84. The molecule has 0 saturated carbocycles. The molecule has 3 N–H and O–H groups in total. The quantitative estimate of drug-likeness (QED) is 0.569. The summed E-state index contributed by atoms with van der Waals surface area (Å²) in [5, 5.41) is 0.559. The topological polar surface area (TPSA) is 33.7 Å². The molecule has 0 aliphatic carbocycles. The van der Waals surface area contributed by atoms with Crippen molar-refractivity contribution in [2.45, 2.75) is 13.8 Å². The van der Waals surface area contributed by atoms with Gasteiger partial charge in [-0.1, -0.05) is 13.8 Å². The summed E-state index contributed by atoms with van der Waals surface area (Å²) < 4.78 is 0. The molecule has 3 nitrogen and oxygen atoms in total. The van der Waals surface area contributed by atoms with Gasteiger partial charge in [-0.25, -0.2) is 0 Å². The normalized spacial score (nSPS) is 19.5. The highest BCUT2D eigenvalue weighted by Gasteiger charge is 2.20. The summed E-state index contributed by atoms with van der Waals surface area (Å²) in [7, 11) is 0. The van der Waals surface area contributed by atoms with E-state index in [0.29, 0.717) is 5.11 Å². The molecule has 4 heteroatoms. The van der Waals surface area contributed by atoms with E-state index >= 15 is 0 Å². The molecule has 1 rings (SSSR count). The van der Waals surface area contributed by atoms with E-state index in [0.717, 1.165) is 19.0 Å². The Balaban J connectivity index is 2.26. The summed E-state index contributed by atoms with van der Waals surface area (Å²) >= 11 is 4.94. The van der Waals surface area contributed by atoms with Crippen molar-refractivity contribution in [1.82, 2.24) is 4.90 Å². The molecule has 1 heterocycles. The highest BCUT2D eigenvalue weighted by Crippen LogP contribution is 1.90. The average Bonchev–Trinajstić information content (AvgIpc) is 2.04. The average molecular weight is 202 g/mol. The van der Waals surface area contributed by atoms with Gasteiger partial charge in [0.25, 0.3) is 0 Å². The zero-order valence-electron chi connectivity index (χ0n) is 8.55. The number of nitrogens with zero attached hydrogens (tertiary/aromatic N) is 1. The largest absolute Gasteiger partial charge is 0.376 e. The number of hydrogen-bond donors (Lipinski definition) is 2. The molecule has 0 aromatic heterocycles. The van der Waals surface area contributed by atoms with Crippen LogP contribution in [0.4, 0.5) is 0 Å². The Hall–Kier alpha value is -0.350. The SMILES string of the molecule is CC(C)C[NH+]1CCN(C(N)=S)CC1. The smallest absolute Gasteiger partial charge is 0.166 e. The molecule has 0 bridgehead atoms. The minimum Gasteiger partial charge on any atom is -0.376 e. The van der Waals surface area contributed by atoms with Gasteiger partial charge < -0.3 is 15.5 Å². The molecule has 0 aromatic rings. The van der Waals surface area contributed by atoms with Gasteiger partial charge in [-0.3, -0.25) is 0 Å². The third kappa shape index (κ3) is 3.48. The lowest BCUT2D eigenvalue weighted by Crippen LogP contribution is -3.15. The van der Waals surface area contributed by atoms with E-state index in [4.69, 9.17) is 18.0 Å². The van der Waals surface area contributed by atoms with E-state index < -0.39 is 0 Å². The van der Waals surface area contributed by atoms with Crippen LogP contribution in [0, 0.1) is 5.92 Å². The van der Waals surface area contributed by atoms with E-state index in [1.807, 2.05) is 0 Å². The highest BCUT2D eigenvalue weighted by molar-refractivity contribution is 7.80. The Morgan fingerprint density at radius 2 is 2.00 bits per heavy atom. The van der Waals surface area contributed by atoms with Crippen LogP contribution in [0.5, 0.6) is 0 Å². The maximum Gasteiger partial charge on any atom is 0.166 e. The van der Waals surface area contributed by atoms with Crippen molar-refractivity contribution in [3.05, 3.63) is 0 Å². The lowest BCUT2D eigenvalue weighted by Gasteiger charge is -2.33. The van der Waals surface area contributed by atoms with Crippen molar-refractivity contribution in [2.24, 2.45) is 11.7 Å². The molecule has 0 unspecified atom stereocenters. The fourth-order valence-electron chi connectivity index (χ4n) is 1.82. The van der Waals surface area contributed by atoms with Crippen molar-refractivity contribution < 1.29 is 4.90 Å². The molecule has 1 aliphatic rings. The molecule has 0 spiro atoms. The number of piperazine rings is 1. The van der Waals surface area contributed by atoms with Gasteiger partial charge in [-0.15, -0.1) is 0 Å². The molecule has 13 heavy (non-hydrogen) atoms. The van der Waals surface area contributed by atoms with Crippen LogP contribution in [0.15, 0.2) is 0 Å². The van der Waals surface area contributed by atoms with E-state index in [1.54, 1.807) is 4.90 Å². The molecule has 1 aliphatic heterocycles. The zero-order valence-corrected chi connectivity index (χ0v) is 9.36. The van der Waals surface area contributed by atoms with Gasteiger partial charge in [-0.05, 0) is 12.2 Å². The predicted octanol–water partition coefficient (Wildman–Crippen LogP) is -0.913. The van der Waals surface area contributed by atoms with Gasteiger partial charge in [0.05, 0.1) is 32.7 Å². The summed E-state index contributed by atoms with van der Waals surface area (Å²) in [6.07, 6.45) is 0. The van der Waals surface area contributed by atoms with E-state index in [1.165, 1.54) is 19.6 Å². The molecule has 0 radical (unpaired) electrons. The first-order valence-corrected chi connectivity index (χ1v) is 5.38. The van der Waals surface area contributed by atoms with Crippen molar-refractivity contribution in [1.29, 1.82) is 0 Å². The number of nitrogens with one attached hydrogen (secondary N) is 1. The van der Waals surface area contributed by atoms with Gasteiger partial charge in [0.2, 0.25) is 0 Å². The Labute approximate surface area is 85.9 Å². The summed E-state index contributed by atoms with van der Waals surface area (Å²) in [6, 6.07) is 0. The van der Waals surface area contributed by atoms with Crippen molar-refractivity contribution in [3.63, 3.8) is 0 Å².